The van der Waals surface area contributed by atoms with Gasteiger partial charge in [-0.25, -0.2) is 9.59 Å². The van der Waals surface area contributed by atoms with Crippen molar-refractivity contribution in [3.8, 4) is 11.1 Å². The van der Waals surface area contributed by atoms with Crippen molar-refractivity contribution < 1.29 is 136 Å². The van der Waals surface area contributed by atoms with Crippen molar-refractivity contribution in [3.63, 3.8) is 0 Å². The summed E-state index contributed by atoms with van der Waals surface area (Å²) in [4.78, 5) is 286. The number of ether oxygens (including phenoxy) is 2. The predicted molar refractivity (Wildman–Crippen MR) is 416 cm³/mol. The third-order valence-corrected chi connectivity index (χ3v) is 18.7. The fourth-order valence-electron chi connectivity index (χ4n) is 12.5. The van der Waals surface area contributed by atoms with Gasteiger partial charge in [0, 0.05) is 47.8 Å². The van der Waals surface area contributed by atoms with Crippen LogP contribution in [0.3, 0.4) is 0 Å². The standard InChI is InChI=1S/C76H93N17O28/c1-34(23-59(100)101)63-74(117)91-52(25-55(96)42-18-9-11-20-45(42)78)75(118)121-36(3)64(93-71(114)51(29-62(106)107)90-70(113)48(26-56(80)97)88-66(109)46(79)24-54(95)41-17-8-10-19-44(41)77)73(116)83-31-57(98)85-47(21-12-22-81-76(119)120-33-43-39-15-6-4-13-37(39)38-14-5-7-16-40(38)43)68(111)89-50(28-61(104)105)69(112)84-35(2)65(108)87-49(27-60(102)103)67(110)82-30-58(99)86-53(32-94)72(115)92-63/h4-11,13-20,34-36,43,46-53,63-64,94H,12,21-33,77-79H2,1-3H3,(H2,80,97)(H,81,119)(H,82,110)(H,83,116)(H,84,112)(H,85,98)(H,86,99)(H,87,108)(H,88,109)(H,89,111)(H,90,113)(H,91,117)(H,92,115)(H,93,114)(H,100,101)(H,102,103)(H,104,105)(H,106,107)/t34?,35?,36?,46-,47?,48+,49?,50?,51+,52?,53?,63?,64?/m1/s1. The Morgan fingerprint density at radius 3 is 1.55 bits per heavy atom. The number of hydrogen-bond donors (Lipinski definition) is 22. The average molecular weight is 1690 g/mol. The maximum Gasteiger partial charge on any atom is 0.407 e. The highest BCUT2D eigenvalue weighted by atomic mass is 16.6. The van der Waals surface area contributed by atoms with E-state index in [1.165, 1.54) is 48.5 Å². The number of Topliss-reactive ketones (excluding diaryl/α,β-unsaturated/α-hetero) is 2. The molecule has 650 valence electrons. The van der Waals surface area contributed by atoms with Gasteiger partial charge in [0.2, 0.25) is 76.8 Å². The van der Waals surface area contributed by atoms with Crippen molar-refractivity contribution in [2.45, 2.75) is 157 Å². The lowest BCUT2D eigenvalue weighted by molar-refractivity contribution is -0.156. The number of esters is 1. The Labute approximate surface area is 687 Å². The van der Waals surface area contributed by atoms with Crippen LogP contribution in [0.1, 0.15) is 116 Å². The highest BCUT2D eigenvalue weighted by molar-refractivity contribution is 6.06. The van der Waals surface area contributed by atoms with Gasteiger partial charge in [-0.2, -0.15) is 0 Å². The monoisotopic (exact) mass is 1690 g/mol. The van der Waals surface area contributed by atoms with Crippen molar-refractivity contribution in [2.24, 2.45) is 17.4 Å². The highest BCUT2D eigenvalue weighted by Crippen LogP contribution is 2.44. The normalized spacial score (nSPS) is 21.0. The molecule has 1 saturated heterocycles. The Kier molecular flexibility index (Phi) is 35.7. The fraction of sp³-hybridized carbons (Fsp3) is 0.408. The molecule has 0 spiro atoms. The summed E-state index contributed by atoms with van der Waals surface area (Å²) in [5.41, 5.74) is 26.4. The molecule has 0 radical (unpaired) electrons. The number of carboxylic acids is 4. The van der Waals surface area contributed by atoms with E-state index in [0.29, 0.717) is 0 Å². The molecule has 1 aliphatic heterocycles. The molecule has 1 heterocycles. The second-order valence-electron chi connectivity index (χ2n) is 28.0. The molecule has 121 heavy (non-hydrogen) atoms. The van der Waals surface area contributed by atoms with Gasteiger partial charge in [0.1, 0.15) is 73.1 Å². The van der Waals surface area contributed by atoms with Crippen LogP contribution in [-0.2, 0) is 95.8 Å². The molecule has 4 aromatic carbocycles. The largest absolute Gasteiger partial charge is 0.481 e. The van der Waals surface area contributed by atoms with Crippen molar-refractivity contribution >= 4 is 136 Å². The number of hydrogen-bond acceptors (Lipinski definition) is 27. The summed E-state index contributed by atoms with van der Waals surface area (Å²) in [5, 5.41) is 77.6. The number of nitrogen functional groups attached to an aromatic ring is 2. The zero-order valence-corrected chi connectivity index (χ0v) is 65.2. The lowest BCUT2D eigenvalue weighted by Crippen LogP contribution is -2.61. The number of cyclic esters (lactones) is 1. The summed E-state index contributed by atoms with van der Waals surface area (Å²) >= 11 is 0. The molecule has 1 aliphatic carbocycles. The maximum atomic E-state index is 14.9. The molecular formula is C76H93N17O28. The number of aliphatic hydroxyl groups is 1. The molecule has 2 aliphatic rings. The number of aliphatic hydroxyl groups excluding tert-OH is 1. The second-order valence-corrected chi connectivity index (χ2v) is 28.0. The van der Waals surface area contributed by atoms with E-state index in [1.807, 2.05) is 57.7 Å². The number of nitrogens with one attached hydrogen (secondary N) is 13. The van der Waals surface area contributed by atoms with E-state index < -0.39 is 280 Å². The molecular weight excluding hydrogens is 1600 g/mol. The van der Waals surface area contributed by atoms with Crippen molar-refractivity contribution in [1.82, 2.24) is 69.1 Å². The van der Waals surface area contributed by atoms with Crippen LogP contribution in [-0.4, -0.2) is 255 Å². The number of primary amides is 1. The smallest absolute Gasteiger partial charge is 0.407 e. The van der Waals surface area contributed by atoms with E-state index in [9.17, 15) is 126 Å². The van der Waals surface area contributed by atoms with Crippen LogP contribution in [0.25, 0.3) is 11.1 Å². The molecule has 10 unspecified atom stereocenters. The Morgan fingerprint density at radius 2 is 1.00 bits per heavy atom. The number of alkyl carbamates (subject to hydrolysis) is 1. The number of amides is 14. The maximum absolute atomic E-state index is 14.9. The molecule has 13 atom stereocenters. The lowest BCUT2D eigenvalue weighted by Gasteiger charge is -2.30. The Balaban J connectivity index is 1.41. The molecule has 0 saturated carbocycles. The Bertz CT molecular complexity index is 4590. The first kappa shape index (κ1) is 95.3. The van der Waals surface area contributed by atoms with Gasteiger partial charge in [0.25, 0.3) is 0 Å². The second kappa shape index (κ2) is 45.3. The molecule has 4 aromatic rings. The zero-order valence-electron chi connectivity index (χ0n) is 65.2. The molecule has 1 fully saturated rings. The third kappa shape index (κ3) is 29.0. The number of benzene rings is 4. The zero-order chi connectivity index (χ0) is 89.6. The van der Waals surface area contributed by atoms with E-state index in [-0.39, 0.29) is 42.1 Å². The molecule has 6 rings (SSSR count). The molecule has 45 nitrogen and oxygen atoms in total. The van der Waals surface area contributed by atoms with E-state index >= 15 is 0 Å². The van der Waals surface area contributed by atoms with Crippen molar-refractivity contribution in [2.75, 3.05) is 44.3 Å². The van der Waals surface area contributed by atoms with Gasteiger partial charge in [-0.3, -0.25) is 91.1 Å². The van der Waals surface area contributed by atoms with E-state index in [0.717, 1.165) is 43.0 Å². The third-order valence-electron chi connectivity index (χ3n) is 18.7. The van der Waals surface area contributed by atoms with Crippen LogP contribution in [0.4, 0.5) is 16.2 Å². The molecule has 0 bridgehead atoms. The molecule has 26 N–H and O–H groups in total. The van der Waals surface area contributed by atoms with Gasteiger partial charge < -0.3 is 127 Å². The van der Waals surface area contributed by atoms with Gasteiger partial charge >= 0.3 is 35.9 Å². The topological polar surface area (TPSA) is 739 Å². The van der Waals surface area contributed by atoms with Crippen LogP contribution >= 0.6 is 0 Å². The number of fused-ring (bicyclic) bond motifs is 3. The van der Waals surface area contributed by atoms with Gasteiger partial charge in [-0.05, 0) is 79.1 Å². The number of rotatable bonds is 30. The summed E-state index contributed by atoms with van der Waals surface area (Å²) in [6, 6.07) is 1.97. The van der Waals surface area contributed by atoms with Crippen LogP contribution in [0.15, 0.2) is 97.1 Å². The predicted octanol–water partition coefficient (Wildman–Crippen LogP) is -6.21. The number of nitrogens with two attached hydrogens (primary N) is 4. The minimum Gasteiger partial charge on any atom is -0.481 e. The van der Waals surface area contributed by atoms with Crippen molar-refractivity contribution in [1.29, 1.82) is 0 Å². The Hall–Kier alpha value is -14.5. The van der Waals surface area contributed by atoms with Gasteiger partial charge in [0.15, 0.2) is 11.6 Å². The first-order valence-corrected chi connectivity index (χ1v) is 37.3. The lowest BCUT2D eigenvalue weighted by atomic mass is 9.96. The van der Waals surface area contributed by atoms with Crippen LogP contribution < -0.4 is 92.1 Å². The van der Waals surface area contributed by atoms with Gasteiger partial charge in [-0.15, -0.1) is 0 Å². The van der Waals surface area contributed by atoms with Gasteiger partial charge in [0.05, 0.1) is 57.8 Å². The number of ketones is 2. The fourth-order valence-corrected chi connectivity index (χ4v) is 12.5. The number of carbonyl (C=O) groups is 21. The van der Waals surface area contributed by atoms with E-state index in [1.54, 1.807) is 12.1 Å². The molecule has 45 heteroatoms. The summed E-state index contributed by atoms with van der Waals surface area (Å²) in [5.74, 6) is -31.4. The quantitative estimate of drug-likeness (QED) is 0.00999. The SMILES string of the molecule is CC1NC(=O)C(CC(=O)O)NC(=O)C(CCCNC(=O)OCC2c3ccccc3-c3ccccc32)NC(=O)CNC(=O)C(NC(=O)[C@H](CC(=O)O)NC(=O)[C@H](CC(N)=O)NC(=O)[C@H](N)CC(=O)c2ccccc2N)C(C)OC(=O)C(CC(=O)c2ccccc2N)NC(=O)C(C(C)CC(=O)O)NC(=O)C(CO)NC(=O)CNC(=O)C(CC(=O)O)NC1=O. The number of carbonyl (C=O) groups excluding carboxylic acids is 17. The van der Waals surface area contributed by atoms with Crippen LogP contribution in [0.5, 0.6) is 0 Å². The van der Waals surface area contributed by atoms with E-state index in [2.05, 4.69) is 47.9 Å². The minimum atomic E-state index is -2.51. The average Bonchev–Trinajstić information content (AvgIpc) is 1.61. The van der Waals surface area contributed by atoms with Crippen LogP contribution in [0, 0.1) is 5.92 Å². The summed E-state index contributed by atoms with van der Waals surface area (Å²) in [6.07, 6.45) is -12.1. The highest BCUT2D eigenvalue weighted by Gasteiger charge is 2.41. The number of para-hydroxylation sites is 2. The van der Waals surface area contributed by atoms with Crippen molar-refractivity contribution in [3.05, 3.63) is 119 Å². The Morgan fingerprint density at radius 1 is 0.512 bits per heavy atom. The summed E-state index contributed by atoms with van der Waals surface area (Å²) in [7, 11) is 0. The number of anilines is 2. The number of carboxylic acid groups (broad SMARTS) is 4. The van der Waals surface area contributed by atoms with E-state index in [4.69, 9.17) is 32.4 Å². The summed E-state index contributed by atoms with van der Waals surface area (Å²) < 4.78 is 11.3. The molecule has 0 aromatic heterocycles. The first-order valence-electron chi connectivity index (χ1n) is 37.3. The summed E-state index contributed by atoms with van der Waals surface area (Å²) in [6.45, 7) is -1.49. The van der Waals surface area contributed by atoms with Crippen LogP contribution in [0.2, 0.25) is 0 Å². The molecule has 14 amide bonds. The first-order chi connectivity index (χ1) is 57.2. The minimum absolute atomic E-state index is 0.000366. The number of aliphatic carboxylic acids is 4. The van der Waals surface area contributed by atoms with Gasteiger partial charge in [-0.1, -0.05) is 79.7 Å².